The zero-order chi connectivity index (χ0) is 21.7. The number of carbonyl (C=O) groups excluding carboxylic acids is 1. The van der Waals surface area contributed by atoms with Crippen molar-refractivity contribution in [3.63, 3.8) is 0 Å². The van der Waals surface area contributed by atoms with Gasteiger partial charge in [-0.25, -0.2) is 8.42 Å². The first kappa shape index (κ1) is 22.4. The molecule has 1 aliphatic heterocycles. The van der Waals surface area contributed by atoms with Crippen molar-refractivity contribution in [1.29, 1.82) is 0 Å². The molecule has 1 N–H and O–H groups in total. The molecule has 1 amide bonds. The maximum Gasteiger partial charge on any atom is 0.261 e. The normalized spacial score (nSPS) is 15.1. The van der Waals surface area contributed by atoms with Crippen LogP contribution in [0.4, 0.5) is 5.69 Å². The number of anilines is 1. The number of hydrogen-bond donors (Lipinski definition) is 1. The number of piperazine rings is 1. The van der Waals surface area contributed by atoms with Crippen LogP contribution in [0.25, 0.3) is 0 Å². The van der Waals surface area contributed by atoms with Crippen molar-refractivity contribution in [3.05, 3.63) is 53.1 Å². The highest BCUT2D eigenvalue weighted by atomic mass is 35.5. The number of likely N-dealkylation sites (N-methyl/N-ethyl adjacent to an activating group) is 1. The van der Waals surface area contributed by atoms with Crippen molar-refractivity contribution in [2.45, 2.75) is 18.7 Å². The molecule has 0 spiro atoms. The Morgan fingerprint density at radius 2 is 1.77 bits per heavy atom. The van der Waals surface area contributed by atoms with Gasteiger partial charge in [0.25, 0.3) is 15.9 Å². The molecule has 1 heterocycles. The fraction of sp³-hybridized carbons (Fsp3) is 0.381. The van der Waals surface area contributed by atoms with Gasteiger partial charge in [0.05, 0.1) is 10.6 Å². The van der Waals surface area contributed by atoms with Crippen LogP contribution in [0.2, 0.25) is 5.02 Å². The van der Waals surface area contributed by atoms with E-state index in [9.17, 15) is 13.2 Å². The molecule has 0 aliphatic carbocycles. The van der Waals surface area contributed by atoms with E-state index in [-0.39, 0.29) is 17.4 Å². The number of benzene rings is 2. The minimum atomic E-state index is -3.76. The van der Waals surface area contributed by atoms with Gasteiger partial charge in [-0.2, -0.15) is 0 Å². The summed E-state index contributed by atoms with van der Waals surface area (Å²) in [5, 5.41) is 0.486. The van der Waals surface area contributed by atoms with Gasteiger partial charge in [0.1, 0.15) is 5.75 Å². The first-order chi connectivity index (χ1) is 14.3. The maximum atomic E-state index is 12.6. The SMILES string of the molecule is CCN1CCN(C(=O)COc2ccc(S(=O)(=O)Nc3ccc(C)c(Cl)c3)cc2)CC1. The smallest absolute Gasteiger partial charge is 0.261 e. The molecule has 0 radical (unpaired) electrons. The van der Waals surface area contributed by atoms with Gasteiger partial charge in [0.15, 0.2) is 6.61 Å². The molecule has 1 saturated heterocycles. The monoisotopic (exact) mass is 451 g/mol. The summed E-state index contributed by atoms with van der Waals surface area (Å²) in [6, 6.07) is 10.9. The van der Waals surface area contributed by atoms with Gasteiger partial charge >= 0.3 is 0 Å². The van der Waals surface area contributed by atoms with Gasteiger partial charge in [0, 0.05) is 31.2 Å². The van der Waals surface area contributed by atoms with Gasteiger partial charge in [-0.3, -0.25) is 9.52 Å². The third kappa shape index (κ3) is 5.65. The molecule has 9 heteroatoms. The second-order valence-corrected chi connectivity index (χ2v) is 9.23. The highest BCUT2D eigenvalue weighted by Gasteiger charge is 2.20. The molecule has 30 heavy (non-hydrogen) atoms. The lowest BCUT2D eigenvalue weighted by molar-refractivity contribution is -0.135. The van der Waals surface area contributed by atoms with Crippen LogP contribution in [0, 0.1) is 6.92 Å². The van der Waals surface area contributed by atoms with Gasteiger partial charge in [-0.1, -0.05) is 24.6 Å². The Morgan fingerprint density at radius 1 is 1.10 bits per heavy atom. The molecule has 7 nitrogen and oxygen atoms in total. The quantitative estimate of drug-likeness (QED) is 0.700. The maximum absolute atomic E-state index is 12.6. The number of hydrogen-bond acceptors (Lipinski definition) is 5. The number of amides is 1. The van der Waals surface area contributed by atoms with Crippen molar-refractivity contribution in [1.82, 2.24) is 9.80 Å². The van der Waals surface area contributed by atoms with Crippen LogP contribution in [0.5, 0.6) is 5.75 Å². The van der Waals surface area contributed by atoms with Crippen LogP contribution in [-0.2, 0) is 14.8 Å². The number of aryl methyl sites for hydroxylation is 1. The van der Waals surface area contributed by atoms with Gasteiger partial charge < -0.3 is 14.5 Å². The van der Waals surface area contributed by atoms with E-state index >= 15 is 0 Å². The number of nitrogens with one attached hydrogen (secondary N) is 1. The Balaban J connectivity index is 1.56. The fourth-order valence-electron chi connectivity index (χ4n) is 3.14. The number of ether oxygens (including phenoxy) is 1. The number of halogens is 1. The van der Waals surface area contributed by atoms with E-state index in [1.807, 2.05) is 6.92 Å². The van der Waals surface area contributed by atoms with E-state index in [4.69, 9.17) is 16.3 Å². The van der Waals surface area contributed by atoms with Crippen molar-refractivity contribution < 1.29 is 17.9 Å². The summed E-state index contributed by atoms with van der Waals surface area (Å²) >= 11 is 6.06. The highest BCUT2D eigenvalue weighted by Crippen LogP contribution is 2.23. The third-order valence-electron chi connectivity index (χ3n) is 5.09. The summed E-state index contributed by atoms with van der Waals surface area (Å²) in [5.41, 5.74) is 1.25. The summed E-state index contributed by atoms with van der Waals surface area (Å²) in [4.78, 5) is 16.5. The number of nitrogens with zero attached hydrogens (tertiary/aromatic N) is 2. The van der Waals surface area contributed by atoms with Gasteiger partial charge in [-0.15, -0.1) is 0 Å². The van der Waals surface area contributed by atoms with E-state index in [1.54, 1.807) is 35.2 Å². The zero-order valence-corrected chi connectivity index (χ0v) is 18.7. The molecule has 1 fully saturated rings. The third-order valence-corrected chi connectivity index (χ3v) is 6.90. The predicted octanol–water partition coefficient (Wildman–Crippen LogP) is 2.99. The molecule has 2 aromatic rings. The van der Waals surface area contributed by atoms with Crippen LogP contribution in [0.1, 0.15) is 12.5 Å². The van der Waals surface area contributed by atoms with E-state index in [1.165, 1.54) is 12.1 Å². The lowest BCUT2D eigenvalue weighted by atomic mass is 10.2. The van der Waals surface area contributed by atoms with E-state index in [2.05, 4.69) is 16.5 Å². The molecule has 0 atom stereocenters. The second-order valence-electron chi connectivity index (χ2n) is 7.14. The van der Waals surface area contributed by atoms with Crippen LogP contribution in [0.15, 0.2) is 47.4 Å². The van der Waals surface area contributed by atoms with Crippen LogP contribution < -0.4 is 9.46 Å². The van der Waals surface area contributed by atoms with E-state index in [0.717, 1.165) is 25.2 Å². The Morgan fingerprint density at radius 3 is 2.37 bits per heavy atom. The molecule has 0 aromatic heterocycles. The standard InChI is InChI=1S/C21H26ClN3O4S/c1-3-24-10-12-25(13-11-24)21(26)15-29-18-6-8-19(9-7-18)30(27,28)23-17-5-4-16(2)20(22)14-17/h4-9,14,23H,3,10-13,15H2,1-2H3. The van der Waals surface area contributed by atoms with Gasteiger partial charge in [-0.05, 0) is 55.4 Å². The lowest BCUT2D eigenvalue weighted by Gasteiger charge is -2.33. The minimum Gasteiger partial charge on any atom is -0.484 e. The largest absolute Gasteiger partial charge is 0.484 e. The first-order valence-electron chi connectivity index (χ1n) is 9.80. The lowest BCUT2D eigenvalue weighted by Crippen LogP contribution is -2.49. The summed E-state index contributed by atoms with van der Waals surface area (Å²) in [6.45, 7) is 7.99. The topological polar surface area (TPSA) is 79.0 Å². The molecule has 162 valence electrons. The molecule has 0 bridgehead atoms. The predicted molar refractivity (Wildman–Crippen MR) is 118 cm³/mol. The Kier molecular flexibility index (Phi) is 7.23. The van der Waals surface area contributed by atoms with Crippen molar-refractivity contribution in [2.24, 2.45) is 0 Å². The molecular weight excluding hydrogens is 426 g/mol. The summed E-state index contributed by atoms with van der Waals surface area (Å²) < 4.78 is 33.2. The minimum absolute atomic E-state index is 0.0691. The number of sulfonamides is 1. The molecule has 2 aromatic carbocycles. The molecule has 3 rings (SSSR count). The summed E-state index contributed by atoms with van der Waals surface area (Å²) in [6.07, 6.45) is 0. The molecule has 0 unspecified atom stereocenters. The van der Waals surface area contributed by atoms with E-state index < -0.39 is 10.0 Å². The average molecular weight is 452 g/mol. The first-order valence-corrected chi connectivity index (χ1v) is 11.7. The van der Waals surface area contributed by atoms with Crippen LogP contribution in [-0.4, -0.2) is 63.5 Å². The van der Waals surface area contributed by atoms with Crippen molar-refractivity contribution in [2.75, 3.05) is 44.1 Å². The van der Waals surface area contributed by atoms with Gasteiger partial charge in [0.2, 0.25) is 0 Å². The van der Waals surface area contributed by atoms with Crippen LogP contribution in [0.3, 0.4) is 0 Å². The van der Waals surface area contributed by atoms with Crippen molar-refractivity contribution >= 4 is 33.2 Å². The van der Waals surface area contributed by atoms with Crippen molar-refractivity contribution in [3.8, 4) is 5.75 Å². The second kappa shape index (κ2) is 9.68. The van der Waals surface area contributed by atoms with Crippen LogP contribution >= 0.6 is 11.6 Å². The summed E-state index contributed by atoms with van der Waals surface area (Å²) in [7, 11) is -3.76. The average Bonchev–Trinajstić information content (AvgIpc) is 2.75. The Bertz CT molecular complexity index is 988. The molecule has 0 saturated carbocycles. The van der Waals surface area contributed by atoms with E-state index in [0.29, 0.717) is 29.5 Å². The number of carbonyl (C=O) groups is 1. The molecule has 1 aliphatic rings. The number of rotatable bonds is 7. The Labute approximate surface area is 182 Å². The zero-order valence-electron chi connectivity index (χ0n) is 17.1. The summed E-state index contributed by atoms with van der Waals surface area (Å²) in [5.74, 6) is 0.369. The highest BCUT2D eigenvalue weighted by molar-refractivity contribution is 7.92. The Hall–Kier alpha value is -2.29. The molecular formula is C21H26ClN3O4S. The fourth-order valence-corrected chi connectivity index (χ4v) is 4.37.